The molecule has 1 heterocycles. The Morgan fingerprint density at radius 3 is 1.61 bits per heavy atom. The second-order valence-electron chi connectivity index (χ2n) is 11.3. The van der Waals surface area contributed by atoms with E-state index in [0.29, 0.717) is 6.42 Å². The first-order valence-corrected chi connectivity index (χ1v) is 16.2. The van der Waals surface area contributed by atoms with E-state index in [2.05, 4.69) is 31.1 Å². The third-order valence-electron chi connectivity index (χ3n) is 7.79. The van der Waals surface area contributed by atoms with Crippen LogP contribution in [0.25, 0.3) is 0 Å². The zero-order valence-corrected chi connectivity index (χ0v) is 24.6. The summed E-state index contributed by atoms with van der Waals surface area (Å²) >= 11 is 0. The molecule has 0 aliphatic carbocycles. The summed E-state index contributed by atoms with van der Waals surface area (Å²) in [4.78, 5) is 17.2. The minimum Gasteiger partial charge on any atom is -0.462 e. The van der Waals surface area contributed by atoms with Crippen LogP contribution < -0.4 is 5.32 Å². The van der Waals surface area contributed by atoms with Crippen molar-refractivity contribution in [2.24, 2.45) is 10.9 Å². The third-order valence-corrected chi connectivity index (χ3v) is 7.79. The van der Waals surface area contributed by atoms with E-state index in [1.165, 1.54) is 122 Å². The van der Waals surface area contributed by atoms with Crippen LogP contribution in [0.4, 0.5) is 0 Å². The Bertz CT molecular complexity index is 534. The topological polar surface area (TPSA) is 50.7 Å². The summed E-state index contributed by atoms with van der Waals surface area (Å²) in [7, 11) is 0. The van der Waals surface area contributed by atoms with Crippen LogP contribution in [0.15, 0.2) is 4.99 Å². The summed E-state index contributed by atoms with van der Waals surface area (Å²) in [5, 5.41) is 3.45. The molecule has 0 radical (unpaired) electrons. The number of rotatable bonds is 26. The predicted octanol–water partition coefficient (Wildman–Crippen LogP) is 9.55. The first kappa shape index (κ1) is 33.0. The molecule has 0 aromatic rings. The number of amidine groups is 1. The number of nitrogens with zero attached hydrogens (tertiary/aromatic N) is 1. The van der Waals surface area contributed by atoms with Gasteiger partial charge in [-0.25, -0.2) is 0 Å². The molecule has 0 fully saturated rings. The van der Waals surface area contributed by atoms with Crippen LogP contribution in [0.5, 0.6) is 0 Å². The molecule has 0 bridgehead atoms. The van der Waals surface area contributed by atoms with Crippen LogP contribution in [0.2, 0.25) is 0 Å². The number of carbonyl (C=O) groups is 1. The molecule has 0 saturated heterocycles. The van der Waals surface area contributed by atoms with E-state index in [1.54, 1.807) is 0 Å². The summed E-state index contributed by atoms with van der Waals surface area (Å²) in [6.07, 6.45) is 29.3. The zero-order valence-electron chi connectivity index (χ0n) is 24.6. The lowest BCUT2D eigenvalue weighted by atomic mass is 9.94. The largest absolute Gasteiger partial charge is 0.462 e. The van der Waals surface area contributed by atoms with Gasteiger partial charge in [-0.05, 0) is 19.8 Å². The SMILES string of the molecule is CCCCCCCCCCCCCC(=O)OC(C)C(CCCCCCCCCCCC)C1=NCCN1. The van der Waals surface area contributed by atoms with Crippen molar-refractivity contribution in [3.63, 3.8) is 0 Å². The second kappa shape index (κ2) is 24.3. The quantitative estimate of drug-likeness (QED) is 0.0938. The Kier molecular flexibility index (Phi) is 22.2. The molecule has 2 atom stereocenters. The van der Waals surface area contributed by atoms with Crippen molar-refractivity contribution in [1.29, 1.82) is 0 Å². The number of esters is 1. The fraction of sp³-hybridized carbons (Fsp3) is 0.938. The summed E-state index contributed by atoms with van der Waals surface area (Å²) in [6, 6.07) is 0. The molecule has 0 amide bonds. The minimum atomic E-state index is -0.0897. The van der Waals surface area contributed by atoms with Crippen molar-refractivity contribution >= 4 is 11.8 Å². The van der Waals surface area contributed by atoms with Gasteiger partial charge in [0.15, 0.2) is 0 Å². The van der Waals surface area contributed by atoms with Crippen molar-refractivity contribution < 1.29 is 9.53 Å². The van der Waals surface area contributed by atoms with Gasteiger partial charge < -0.3 is 10.1 Å². The summed E-state index contributed by atoms with van der Waals surface area (Å²) in [5.74, 6) is 1.27. The van der Waals surface area contributed by atoms with Crippen LogP contribution in [-0.4, -0.2) is 31.0 Å². The van der Waals surface area contributed by atoms with Gasteiger partial charge in [0.25, 0.3) is 0 Å². The van der Waals surface area contributed by atoms with Gasteiger partial charge >= 0.3 is 5.97 Å². The smallest absolute Gasteiger partial charge is 0.306 e. The molecule has 0 saturated carbocycles. The van der Waals surface area contributed by atoms with Crippen molar-refractivity contribution in [2.75, 3.05) is 13.1 Å². The molecule has 4 nitrogen and oxygen atoms in total. The minimum absolute atomic E-state index is 0.0231. The molecule has 0 aromatic carbocycles. The van der Waals surface area contributed by atoms with Crippen LogP contribution in [0.1, 0.15) is 168 Å². The highest BCUT2D eigenvalue weighted by Gasteiger charge is 2.27. The van der Waals surface area contributed by atoms with Gasteiger partial charge in [0.2, 0.25) is 0 Å². The van der Waals surface area contributed by atoms with Crippen molar-refractivity contribution in [3.8, 4) is 0 Å². The number of unbranched alkanes of at least 4 members (excludes halogenated alkanes) is 19. The van der Waals surface area contributed by atoms with Gasteiger partial charge in [-0.15, -0.1) is 0 Å². The van der Waals surface area contributed by atoms with E-state index in [0.717, 1.165) is 38.2 Å². The molecule has 1 N–H and O–H groups in total. The molecule has 0 spiro atoms. The predicted molar refractivity (Wildman–Crippen MR) is 157 cm³/mol. The molecule has 1 rings (SSSR count). The van der Waals surface area contributed by atoms with Crippen molar-refractivity contribution in [3.05, 3.63) is 0 Å². The number of aliphatic imine (C=N–C) groups is 1. The molecule has 1 aliphatic heterocycles. The second-order valence-corrected chi connectivity index (χ2v) is 11.3. The van der Waals surface area contributed by atoms with E-state index in [4.69, 9.17) is 4.74 Å². The first-order chi connectivity index (χ1) is 17.7. The molecule has 212 valence electrons. The Morgan fingerprint density at radius 1 is 0.722 bits per heavy atom. The van der Waals surface area contributed by atoms with Gasteiger partial charge in [0.1, 0.15) is 11.9 Å². The normalized spacial score (nSPS) is 14.9. The molecular weight excluding hydrogens is 444 g/mol. The Hall–Kier alpha value is -1.06. The van der Waals surface area contributed by atoms with Gasteiger partial charge in [-0.3, -0.25) is 9.79 Å². The summed E-state index contributed by atoms with van der Waals surface area (Å²) in [5.41, 5.74) is 0. The lowest BCUT2D eigenvalue weighted by Gasteiger charge is -2.24. The fourth-order valence-corrected chi connectivity index (χ4v) is 5.39. The maximum atomic E-state index is 12.5. The van der Waals surface area contributed by atoms with Crippen LogP contribution in [0, 0.1) is 5.92 Å². The van der Waals surface area contributed by atoms with Crippen molar-refractivity contribution in [2.45, 2.75) is 175 Å². The summed E-state index contributed by atoms with van der Waals surface area (Å²) < 4.78 is 5.90. The van der Waals surface area contributed by atoms with Crippen LogP contribution in [0.3, 0.4) is 0 Å². The Balaban J connectivity index is 2.13. The van der Waals surface area contributed by atoms with E-state index >= 15 is 0 Å². The number of hydrogen-bond donors (Lipinski definition) is 1. The maximum Gasteiger partial charge on any atom is 0.306 e. The Labute approximate surface area is 225 Å². The highest BCUT2D eigenvalue weighted by molar-refractivity contribution is 5.86. The van der Waals surface area contributed by atoms with Gasteiger partial charge in [-0.2, -0.15) is 0 Å². The highest BCUT2D eigenvalue weighted by atomic mass is 16.5. The number of ether oxygens (including phenoxy) is 1. The van der Waals surface area contributed by atoms with Gasteiger partial charge in [0.05, 0.1) is 12.5 Å². The zero-order chi connectivity index (χ0) is 26.1. The molecule has 1 aliphatic rings. The van der Waals surface area contributed by atoms with E-state index in [1.807, 2.05) is 0 Å². The average molecular weight is 507 g/mol. The van der Waals surface area contributed by atoms with Crippen molar-refractivity contribution in [1.82, 2.24) is 5.32 Å². The fourth-order valence-electron chi connectivity index (χ4n) is 5.39. The number of hydrogen-bond acceptors (Lipinski definition) is 4. The standard InChI is InChI=1S/C32H62N2O2/c1-4-6-8-10-12-14-16-18-20-22-24-26-31(35)36-29(3)30(32-33-27-28-34-32)25-23-21-19-17-15-13-11-9-7-5-2/h29-30H,4-28H2,1-3H3,(H,33,34). The van der Waals surface area contributed by atoms with Crippen LogP contribution >= 0.6 is 0 Å². The van der Waals surface area contributed by atoms with E-state index in [9.17, 15) is 4.79 Å². The summed E-state index contributed by atoms with van der Waals surface area (Å²) in [6.45, 7) is 8.39. The van der Waals surface area contributed by atoms with Gasteiger partial charge in [-0.1, -0.05) is 142 Å². The van der Waals surface area contributed by atoms with Crippen LogP contribution in [-0.2, 0) is 9.53 Å². The van der Waals surface area contributed by atoms with Gasteiger partial charge in [0, 0.05) is 13.0 Å². The first-order valence-electron chi connectivity index (χ1n) is 16.2. The molecule has 36 heavy (non-hydrogen) atoms. The maximum absolute atomic E-state index is 12.5. The van der Waals surface area contributed by atoms with E-state index < -0.39 is 0 Å². The monoisotopic (exact) mass is 506 g/mol. The average Bonchev–Trinajstić information content (AvgIpc) is 3.40. The van der Waals surface area contributed by atoms with E-state index in [-0.39, 0.29) is 18.0 Å². The Morgan fingerprint density at radius 2 is 1.17 bits per heavy atom. The molecular formula is C32H62N2O2. The lowest BCUT2D eigenvalue weighted by Crippen LogP contribution is -2.36. The molecule has 2 unspecified atom stereocenters. The molecule has 0 aromatic heterocycles. The molecule has 4 heteroatoms. The highest BCUT2D eigenvalue weighted by Crippen LogP contribution is 2.21. The third kappa shape index (κ3) is 18.2. The number of carbonyl (C=O) groups excluding carboxylic acids is 1. The lowest BCUT2D eigenvalue weighted by molar-refractivity contribution is -0.149. The number of nitrogens with one attached hydrogen (secondary N) is 1.